The van der Waals surface area contributed by atoms with Crippen molar-refractivity contribution in [3.8, 4) is 5.88 Å². The maximum absolute atomic E-state index is 13.4. The largest absolute Gasteiger partial charge is 0.480 e. The number of nitrogens with zero attached hydrogens (tertiary/aromatic N) is 3. The standard InChI is InChI=1S/C19H29N3O5S/c1-15-11-17(18(25-2)20-12-15)28(23,24)22-7-10-27-19(14-22)5-6-21(13-19)16-3-8-26-9-4-16/h11-12,16H,3-10,13-14H2,1-2H3. The highest BCUT2D eigenvalue weighted by molar-refractivity contribution is 7.89. The third-order valence-electron chi connectivity index (χ3n) is 6.03. The average molecular weight is 412 g/mol. The van der Waals surface area contributed by atoms with Crippen LogP contribution in [0.4, 0.5) is 0 Å². The molecule has 0 bridgehead atoms. The van der Waals surface area contributed by atoms with Crippen LogP contribution < -0.4 is 4.74 Å². The fraction of sp³-hybridized carbons (Fsp3) is 0.737. The number of pyridine rings is 1. The summed E-state index contributed by atoms with van der Waals surface area (Å²) < 4.78 is 45.1. The van der Waals surface area contributed by atoms with Crippen molar-refractivity contribution in [1.82, 2.24) is 14.2 Å². The van der Waals surface area contributed by atoms with Crippen molar-refractivity contribution in [2.45, 2.75) is 42.7 Å². The number of methoxy groups -OCH3 is 1. The van der Waals surface area contributed by atoms with Crippen molar-refractivity contribution in [3.63, 3.8) is 0 Å². The van der Waals surface area contributed by atoms with Gasteiger partial charge in [0, 0.05) is 51.6 Å². The molecule has 0 aromatic carbocycles. The second-order valence-corrected chi connectivity index (χ2v) is 9.86. The van der Waals surface area contributed by atoms with E-state index < -0.39 is 15.6 Å². The first-order valence-electron chi connectivity index (χ1n) is 9.90. The molecule has 0 radical (unpaired) electrons. The topological polar surface area (TPSA) is 81.2 Å². The van der Waals surface area contributed by atoms with Crippen molar-refractivity contribution < 1.29 is 22.6 Å². The Kier molecular flexibility index (Phi) is 5.63. The molecule has 4 heterocycles. The molecule has 0 amide bonds. The molecule has 8 nitrogen and oxygen atoms in total. The quantitative estimate of drug-likeness (QED) is 0.732. The first-order chi connectivity index (χ1) is 13.4. The van der Waals surface area contributed by atoms with Crippen LogP contribution in [0.1, 0.15) is 24.8 Å². The average Bonchev–Trinajstić information content (AvgIpc) is 3.12. The fourth-order valence-electron chi connectivity index (χ4n) is 4.51. The zero-order valence-electron chi connectivity index (χ0n) is 16.6. The predicted molar refractivity (Wildman–Crippen MR) is 103 cm³/mol. The minimum Gasteiger partial charge on any atom is -0.480 e. The van der Waals surface area contributed by atoms with Gasteiger partial charge in [0.05, 0.1) is 19.3 Å². The van der Waals surface area contributed by atoms with Crippen LogP contribution in [0.3, 0.4) is 0 Å². The molecule has 1 aromatic heterocycles. The molecule has 3 fully saturated rings. The molecule has 1 aromatic rings. The van der Waals surface area contributed by atoms with Crippen LogP contribution in [0.15, 0.2) is 17.2 Å². The SMILES string of the molecule is COc1ncc(C)cc1S(=O)(=O)N1CCOC2(CCN(C3CCOCC3)C2)C1. The predicted octanol–water partition coefficient (Wildman–Crippen LogP) is 1.04. The maximum atomic E-state index is 13.4. The molecule has 0 saturated carbocycles. The lowest BCUT2D eigenvalue weighted by molar-refractivity contribution is -0.0846. The molecule has 9 heteroatoms. The van der Waals surface area contributed by atoms with E-state index in [-0.39, 0.29) is 10.8 Å². The minimum atomic E-state index is -3.71. The van der Waals surface area contributed by atoms with Crippen LogP contribution >= 0.6 is 0 Å². The summed E-state index contributed by atoms with van der Waals surface area (Å²) in [4.78, 5) is 6.72. The van der Waals surface area contributed by atoms with E-state index in [4.69, 9.17) is 14.2 Å². The Morgan fingerprint density at radius 3 is 2.75 bits per heavy atom. The number of sulfonamides is 1. The van der Waals surface area contributed by atoms with Crippen LogP contribution in [0.2, 0.25) is 0 Å². The normalized spacial score (nSPS) is 28.1. The Morgan fingerprint density at radius 1 is 1.21 bits per heavy atom. The molecule has 156 valence electrons. The Hall–Kier alpha value is -1.26. The Labute approximate surface area is 166 Å². The second-order valence-electron chi connectivity index (χ2n) is 7.95. The zero-order chi connectivity index (χ0) is 19.8. The van der Waals surface area contributed by atoms with E-state index in [9.17, 15) is 8.42 Å². The summed E-state index contributed by atoms with van der Waals surface area (Å²) in [6.07, 6.45) is 4.52. The highest BCUT2D eigenvalue weighted by Crippen LogP contribution is 2.35. The van der Waals surface area contributed by atoms with Gasteiger partial charge in [-0.05, 0) is 37.8 Å². The number of aromatic nitrogens is 1. The summed E-state index contributed by atoms with van der Waals surface area (Å²) in [5, 5.41) is 0. The minimum absolute atomic E-state index is 0.131. The molecule has 28 heavy (non-hydrogen) atoms. The van der Waals surface area contributed by atoms with Gasteiger partial charge in [0.15, 0.2) is 0 Å². The number of likely N-dealkylation sites (tertiary alicyclic amines) is 1. The van der Waals surface area contributed by atoms with E-state index in [1.807, 2.05) is 6.92 Å². The Bertz CT molecular complexity index is 812. The first kappa shape index (κ1) is 20.0. The van der Waals surface area contributed by atoms with Gasteiger partial charge in [0.1, 0.15) is 4.90 Å². The third-order valence-corrected chi connectivity index (χ3v) is 7.87. The molecule has 0 aliphatic carbocycles. The Balaban J connectivity index is 1.53. The third kappa shape index (κ3) is 3.78. The van der Waals surface area contributed by atoms with Crippen LogP contribution in [0, 0.1) is 6.92 Å². The highest BCUT2D eigenvalue weighted by Gasteiger charge is 2.47. The van der Waals surface area contributed by atoms with Crippen LogP contribution in [-0.2, 0) is 19.5 Å². The van der Waals surface area contributed by atoms with Gasteiger partial charge in [0.25, 0.3) is 0 Å². The van der Waals surface area contributed by atoms with Crippen molar-refractivity contribution in [2.24, 2.45) is 0 Å². The molecule has 3 aliphatic heterocycles. The zero-order valence-corrected chi connectivity index (χ0v) is 17.4. The molecule has 1 atom stereocenters. The van der Waals surface area contributed by atoms with Gasteiger partial charge in [-0.3, -0.25) is 4.90 Å². The summed E-state index contributed by atoms with van der Waals surface area (Å²) in [5.74, 6) is 0.140. The summed E-state index contributed by atoms with van der Waals surface area (Å²) in [7, 11) is -2.26. The van der Waals surface area contributed by atoms with Crippen molar-refractivity contribution >= 4 is 10.0 Å². The summed E-state index contributed by atoms with van der Waals surface area (Å²) in [5.41, 5.74) is 0.350. The van der Waals surface area contributed by atoms with E-state index in [1.54, 1.807) is 16.6 Å². The smallest absolute Gasteiger partial charge is 0.248 e. The lowest BCUT2D eigenvalue weighted by Gasteiger charge is -2.40. The van der Waals surface area contributed by atoms with Gasteiger partial charge in [-0.1, -0.05) is 0 Å². The van der Waals surface area contributed by atoms with E-state index >= 15 is 0 Å². The van der Waals surface area contributed by atoms with Crippen molar-refractivity contribution in [1.29, 1.82) is 0 Å². The second kappa shape index (κ2) is 7.87. The number of morpholine rings is 1. The lowest BCUT2D eigenvalue weighted by Crippen LogP contribution is -2.55. The molecule has 0 N–H and O–H groups in total. The monoisotopic (exact) mass is 411 g/mol. The lowest BCUT2D eigenvalue weighted by atomic mass is 10.0. The Morgan fingerprint density at radius 2 is 2.00 bits per heavy atom. The number of aryl methyl sites for hydroxylation is 1. The highest BCUT2D eigenvalue weighted by atomic mass is 32.2. The molecule has 3 saturated heterocycles. The van der Waals surface area contributed by atoms with E-state index in [2.05, 4.69) is 9.88 Å². The van der Waals surface area contributed by atoms with Crippen molar-refractivity contribution in [2.75, 3.05) is 53.1 Å². The van der Waals surface area contributed by atoms with E-state index in [1.165, 1.54) is 7.11 Å². The molecular weight excluding hydrogens is 382 g/mol. The van der Waals surface area contributed by atoms with Gasteiger partial charge in [-0.25, -0.2) is 13.4 Å². The molecular formula is C19H29N3O5S. The summed E-state index contributed by atoms with van der Waals surface area (Å²) >= 11 is 0. The van der Waals surface area contributed by atoms with Gasteiger partial charge < -0.3 is 14.2 Å². The van der Waals surface area contributed by atoms with Crippen LogP contribution in [0.25, 0.3) is 0 Å². The number of rotatable bonds is 4. The summed E-state index contributed by atoms with van der Waals surface area (Å²) in [6, 6.07) is 2.14. The fourth-order valence-corrected chi connectivity index (χ4v) is 6.20. The molecule has 3 aliphatic rings. The van der Waals surface area contributed by atoms with Gasteiger partial charge in [0.2, 0.25) is 15.9 Å². The van der Waals surface area contributed by atoms with Gasteiger partial charge in [-0.2, -0.15) is 4.31 Å². The van der Waals surface area contributed by atoms with E-state index in [0.29, 0.717) is 25.7 Å². The van der Waals surface area contributed by atoms with Crippen LogP contribution in [-0.4, -0.2) is 87.4 Å². The molecule has 1 spiro atoms. The molecule has 1 unspecified atom stereocenters. The first-order valence-corrected chi connectivity index (χ1v) is 11.3. The van der Waals surface area contributed by atoms with E-state index in [0.717, 1.165) is 51.1 Å². The number of hydrogen-bond acceptors (Lipinski definition) is 7. The van der Waals surface area contributed by atoms with Gasteiger partial charge >= 0.3 is 0 Å². The molecule has 4 rings (SSSR count). The summed E-state index contributed by atoms with van der Waals surface area (Å²) in [6.45, 7) is 6.26. The van der Waals surface area contributed by atoms with Gasteiger partial charge in [-0.15, -0.1) is 0 Å². The van der Waals surface area contributed by atoms with Crippen LogP contribution in [0.5, 0.6) is 5.88 Å². The maximum Gasteiger partial charge on any atom is 0.248 e. The number of hydrogen-bond donors (Lipinski definition) is 0. The number of ether oxygens (including phenoxy) is 3. The van der Waals surface area contributed by atoms with Crippen molar-refractivity contribution in [3.05, 3.63) is 17.8 Å².